The number of carbonyl (C=O) groups is 4. The number of halogens is 3. The molecule has 0 saturated carbocycles. The zero-order valence-electron chi connectivity index (χ0n) is 26.6. The van der Waals surface area contributed by atoms with Crippen molar-refractivity contribution in [3.05, 3.63) is 68.7 Å². The summed E-state index contributed by atoms with van der Waals surface area (Å²) >= 11 is 15.1. The van der Waals surface area contributed by atoms with Gasteiger partial charge in [-0.3, -0.25) is 9.59 Å². The van der Waals surface area contributed by atoms with E-state index in [0.29, 0.717) is 16.0 Å². The zero-order chi connectivity index (χ0) is 34.8. The quantitative estimate of drug-likeness (QED) is 0.208. The maximum absolute atomic E-state index is 13.8. The summed E-state index contributed by atoms with van der Waals surface area (Å²) in [4.78, 5) is 51.9. The number of hydrogen-bond donors (Lipinski definition) is 4. The molecule has 4 unspecified atom stereocenters. The molecule has 4 atom stereocenters. The van der Waals surface area contributed by atoms with E-state index in [2.05, 4.69) is 31.9 Å². The molecule has 2 aromatic carbocycles. The number of rotatable bonds is 14. The third kappa shape index (κ3) is 9.70. The van der Waals surface area contributed by atoms with Crippen LogP contribution in [0.15, 0.2) is 46.5 Å². The molecule has 0 fully saturated rings. The maximum Gasteiger partial charge on any atom is 0.407 e. The van der Waals surface area contributed by atoms with Gasteiger partial charge in [0.1, 0.15) is 23.6 Å². The van der Waals surface area contributed by atoms with Gasteiger partial charge in [-0.1, -0.05) is 12.1 Å². The van der Waals surface area contributed by atoms with Crippen LogP contribution in [0.4, 0.5) is 9.59 Å². The van der Waals surface area contributed by atoms with E-state index in [1.54, 1.807) is 31.4 Å². The number of aryl methyl sites for hydroxylation is 1. The highest BCUT2D eigenvalue weighted by atomic mass is 79.9. The summed E-state index contributed by atoms with van der Waals surface area (Å²) in [7, 11) is 1.54. The minimum atomic E-state index is -1.19. The molecule has 0 aliphatic heterocycles. The molecule has 2 aromatic rings. The van der Waals surface area contributed by atoms with Crippen molar-refractivity contribution in [2.45, 2.75) is 63.4 Å². The third-order valence-electron chi connectivity index (χ3n) is 8.03. The number of amides is 4. The Bertz CT molecular complexity index is 1520. The monoisotopic (exact) mass is 768 g/mol. The highest BCUT2D eigenvalue weighted by Gasteiger charge is 2.43. The van der Waals surface area contributed by atoms with E-state index in [-0.39, 0.29) is 43.3 Å². The minimum absolute atomic E-state index is 0.117. The van der Waals surface area contributed by atoms with Crippen molar-refractivity contribution in [3.8, 4) is 11.5 Å². The molecule has 0 saturated heterocycles. The first-order valence-corrected chi connectivity index (χ1v) is 17.3. The molecule has 12 nitrogen and oxygen atoms in total. The van der Waals surface area contributed by atoms with Crippen LogP contribution in [0.25, 0.3) is 0 Å². The van der Waals surface area contributed by atoms with Crippen LogP contribution < -0.4 is 31.2 Å². The van der Waals surface area contributed by atoms with E-state index in [1.165, 1.54) is 11.6 Å². The number of nitrogens with two attached hydrogens (primary N) is 1. The Morgan fingerprint density at radius 2 is 1.65 bits per heavy atom. The van der Waals surface area contributed by atoms with E-state index in [4.69, 9.17) is 47.9 Å². The van der Waals surface area contributed by atoms with Gasteiger partial charge in [0, 0.05) is 43.3 Å². The van der Waals surface area contributed by atoms with Crippen LogP contribution in [0, 0.1) is 6.92 Å². The van der Waals surface area contributed by atoms with Gasteiger partial charge in [0.05, 0.1) is 11.6 Å². The second kappa shape index (κ2) is 17.6. The third-order valence-corrected chi connectivity index (χ3v) is 8.99. The van der Waals surface area contributed by atoms with Crippen molar-refractivity contribution in [3.63, 3.8) is 0 Å². The lowest BCUT2D eigenvalue weighted by molar-refractivity contribution is -0.126. The van der Waals surface area contributed by atoms with E-state index in [1.807, 2.05) is 13.0 Å². The Labute approximate surface area is 297 Å². The van der Waals surface area contributed by atoms with Gasteiger partial charge in [-0.05, 0) is 88.6 Å². The second-order valence-electron chi connectivity index (χ2n) is 11.3. The van der Waals surface area contributed by atoms with Gasteiger partial charge in [-0.25, -0.2) is 9.59 Å². The SMILES string of the molecule is COc1ccc(CC(NC(=O)C2=CC(Oc3c(Br)cc(C)c4c3CCC4)C(OC(=O)NCCCl)C(OC(=O)NCCCl)C2)C(N)=O)cc1. The fourth-order valence-electron chi connectivity index (χ4n) is 5.72. The maximum atomic E-state index is 13.8. The predicted octanol–water partition coefficient (Wildman–Crippen LogP) is 4.21. The number of benzene rings is 2. The molecule has 15 heteroatoms. The first kappa shape index (κ1) is 37.1. The molecule has 2 aliphatic rings. The van der Waals surface area contributed by atoms with Crippen LogP contribution in [0.3, 0.4) is 0 Å². The summed E-state index contributed by atoms with van der Waals surface area (Å²) in [6.07, 6.45) is -1.05. The molecule has 48 heavy (non-hydrogen) atoms. The van der Waals surface area contributed by atoms with Gasteiger partial charge in [0.25, 0.3) is 0 Å². The van der Waals surface area contributed by atoms with Crippen LogP contribution >= 0.6 is 39.1 Å². The van der Waals surface area contributed by atoms with Crippen LogP contribution in [0.2, 0.25) is 0 Å². The highest BCUT2D eigenvalue weighted by molar-refractivity contribution is 9.10. The molecule has 2 aliphatic carbocycles. The fraction of sp³-hybridized carbons (Fsp3) is 0.455. The Kier molecular flexibility index (Phi) is 13.7. The van der Waals surface area contributed by atoms with Crippen molar-refractivity contribution in [1.29, 1.82) is 0 Å². The number of fused-ring (bicyclic) bond motifs is 1. The zero-order valence-corrected chi connectivity index (χ0v) is 29.7. The van der Waals surface area contributed by atoms with Crippen molar-refractivity contribution in [2.24, 2.45) is 5.73 Å². The highest BCUT2D eigenvalue weighted by Crippen LogP contribution is 2.41. The summed E-state index contributed by atoms with van der Waals surface area (Å²) in [5.74, 6) is 0.0733. The first-order valence-electron chi connectivity index (χ1n) is 15.5. The fourth-order valence-corrected chi connectivity index (χ4v) is 6.59. The van der Waals surface area contributed by atoms with Crippen LogP contribution in [0.1, 0.15) is 35.1 Å². The molecule has 0 heterocycles. The number of carbonyl (C=O) groups excluding carboxylic acids is 4. The van der Waals surface area contributed by atoms with Gasteiger partial charge in [0.15, 0.2) is 12.2 Å². The number of alkyl carbamates (subject to hydrolysis) is 2. The lowest BCUT2D eigenvalue weighted by Gasteiger charge is -2.36. The molecular formula is C33H39BrCl2N4O8. The molecule has 0 aromatic heterocycles. The summed E-state index contributed by atoms with van der Waals surface area (Å²) in [6.45, 7) is 2.27. The average molecular weight is 771 g/mol. The second-order valence-corrected chi connectivity index (χ2v) is 12.9. The molecule has 0 bridgehead atoms. The number of ether oxygens (including phenoxy) is 4. The normalized spacial score (nSPS) is 18.9. The van der Waals surface area contributed by atoms with Crippen molar-refractivity contribution >= 4 is 63.1 Å². The number of alkyl halides is 2. The minimum Gasteiger partial charge on any atom is -0.497 e. The van der Waals surface area contributed by atoms with Gasteiger partial charge < -0.3 is 40.6 Å². The average Bonchev–Trinajstić information content (AvgIpc) is 3.56. The molecule has 0 radical (unpaired) electrons. The number of hydrogen-bond acceptors (Lipinski definition) is 8. The Balaban J connectivity index is 1.69. The Morgan fingerprint density at radius 3 is 2.27 bits per heavy atom. The van der Waals surface area contributed by atoms with Gasteiger partial charge >= 0.3 is 12.2 Å². The molecule has 5 N–H and O–H groups in total. The van der Waals surface area contributed by atoms with Crippen LogP contribution in [-0.2, 0) is 38.3 Å². The summed E-state index contributed by atoms with van der Waals surface area (Å²) in [6, 6.07) is 7.89. The van der Waals surface area contributed by atoms with Crippen molar-refractivity contribution in [1.82, 2.24) is 16.0 Å². The first-order chi connectivity index (χ1) is 23.0. The van der Waals surface area contributed by atoms with Gasteiger partial charge in [-0.15, -0.1) is 23.2 Å². The number of nitrogens with one attached hydrogen (secondary N) is 3. The lowest BCUT2D eigenvalue weighted by Crippen LogP contribution is -2.52. The number of methoxy groups -OCH3 is 1. The molecule has 0 spiro atoms. The lowest BCUT2D eigenvalue weighted by atomic mass is 9.90. The Hall–Kier alpha value is -3.68. The summed E-state index contributed by atoms with van der Waals surface area (Å²) in [5.41, 5.74) is 9.85. The van der Waals surface area contributed by atoms with E-state index in [9.17, 15) is 19.2 Å². The number of primary amides is 1. The molecular weight excluding hydrogens is 731 g/mol. The van der Waals surface area contributed by atoms with E-state index < -0.39 is 48.4 Å². The molecule has 4 rings (SSSR count). The molecule has 4 amide bonds. The topological polar surface area (TPSA) is 167 Å². The van der Waals surface area contributed by atoms with Crippen LogP contribution in [-0.4, -0.2) is 80.3 Å². The van der Waals surface area contributed by atoms with E-state index >= 15 is 0 Å². The van der Waals surface area contributed by atoms with Gasteiger partial charge in [-0.2, -0.15) is 0 Å². The van der Waals surface area contributed by atoms with Gasteiger partial charge in [0.2, 0.25) is 11.8 Å². The predicted molar refractivity (Wildman–Crippen MR) is 184 cm³/mol. The van der Waals surface area contributed by atoms with Crippen molar-refractivity contribution < 1.29 is 38.1 Å². The summed E-state index contributed by atoms with van der Waals surface area (Å²) < 4.78 is 24.0. The van der Waals surface area contributed by atoms with E-state index in [0.717, 1.165) is 36.0 Å². The molecule has 260 valence electrons. The summed E-state index contributed by atoms with van der Waals surface area (Å²) in [5, 5.41) is 7.78. The van der Waals surface area contributed by atoms with Crippen molar-refractivity contribution in [2.75, 3.05) is 32.0 Å². The van der Waals surface area contributed by atoms with Crippen LogP contribution in [0.5, 0.6) is 11.5 Å². The largest absolute Gasteiger partial charge is 0.497 e. The Morgan fingerprint density at radius 1 is 1.00 bits per heavy atom. The smallest absolute Gasteiger partial charge is 0.407 e. The standard InChI is InChI=1S/C33H39BrCl2N4O8/c1-18-14-24(34)28(23-5-3-4-22(18)23)46-26-16-20(31(42)40-25(30(37)41)15-19-6-8-21(45-2)9-7-19)17-27(47-32(43)38-12-10-35)29(26)48-33(44)39-13-11-36/h6-9,14,16,25-27,29H,3-5,10-13,15,17H2,1-2H3,(H2,37,41)(H,38,43)(H,39,44)(H,40,42).